The third-order valence-corrected chi connectivity index (χ3v) is 5.86. The van der Waals surface area contributed by atoms with Crippen LogP contribution >= 0.6 is 0 Å². The zero-order valence-corrected chi connectivity index (χ0v) is 18.3. The predicted octanol–water partition coefficient (Wildman–Crippen LogP) is 5.30. The Hall–Kier alpha value is -3.34. The highest BCUT2D eigenvalue weighted by Gasteiger charge is 2.13. The summed E-state index contributed by atoms with van der Waals surface area (Å²) in [4.78, 5) is 24.0. The number of carbonyl (C=O) groups excluding carboxylic acids is 1. The average Bonchev–Trinajstić information content (AvgIpc) is 2.79. The smallest absolute Gasteiger partial charge is 0.335 e. The number of rotatable bonds is 9. The van der Waals surface area contributed by atoms with Crippen molar-refractivity contribution in [2.75, 3.05) is 13.7 Å². The van der Waals surface area contributed by atoms with Gasteiger partial charge in [0, 0.05) is 18.5 Å². The summed E-state index contributed by atoms with van der Waals surface area (Å²) in [6.45, 7) is 4.96. The number of benzene rings is 3. The van der Waals surface area contributed by atoms with E-state index in [0.717, 1.165) is 34.7 Å². The molecule has 0 aliphatic heterocycles. The molecule has 0 heterocycles. The van der Waals surface area contributed by atoms with Crippen molar-refractivity contribution in [1.82, 2.24) is 5.32 Å². The molecule has 0 unspecified atom stereocenters. The van der Waals surface area contributed by atoms with Crippen LogP contribution in [0, 0.1) is 5.92 Å². The zero-order valence-electron chi connectivity index (χ0n) is 18.3. The molecule has 0 bridgehead atoms. The molecule has 3 aromatic carbocycles. The summed E-state index contributed by atoms with van der Waals surface area (Å²) in [5.41, 5.74) is 2.77. The molecule has 31 heavy (non-hydrogen) atoms. The first-order valence-corrected chi connectivity index (χ1v) is 10.7. The van der Waals surface area contributed by atoms with E-state index in [1.165, 1.54) is 7.11 Å². The van der Waals surface area contributed by atoms with Crippen LogP contribution in [0.3, 0.4) is 0 Å². The summed E-state index contributed by atoms with van der Waals surface area (Å²) in [5, 5.41) is 14.3. The molecule has 5 nitrogen and oxygen atoms in total. The molecule has 0 atom stereocenters. The second-order valence-corrected chi connectivity index (χ2v) is 7.75. The van der Waals surface area contributed by atoms with Crippen molar-refractivity contribution in [1.29, 1.82) is 0 Å². The Morgan fingerprint density at radius 1 is 0.968 bits per heavy atom. The SMILES string of the molecule is CCC(CC)CNC(=O)c1ccc2cccc(Cc3ccc(C(=O)O)cc3OC)c2c1. The van der Waals surface area contributed by atoms with Gasteiger partial charge in [-0.1, -0.05) is 57.0 Å². The molecule has 3 rings (SSSR count). The van der Waals surface area contributed by atoms with Gasteiger partial charge in [0.25, 0.3) is 5.91 Å². The van der Waals surface area contributed by atoms with Gasteiger partial charge in [0.05, 0.1) is 12.7 Å². The Kier molecular flexibility index (Phi) is 7.29. The lowest BCUT2D eigenvalue weighted by atomic mass is 9.95. The Bertz CT molecular complexity index is 1090. The van der Waals surface area contributed by atoms with E-state index in [2.05, 4.69) is 19.2 Å². The van der Waals surface area contributed by atoms with Crippen LogP contribution in [-0.4, -0.2) is 30.6 Å². The topological polar surface area (TPSA) is 75.6 Å². The second-order valence-electron chi connectivity index (χ2n) is 7.75. The van der Waals surface area contributed by atoms with Gasteiger partial charge in [-0.25, -0.2) is 4.79 Å². The maximum Gasteiger partial charge on any atom is 0.335 e. The highest BCUT2D eigenvalue weighted by atomic mass is 16.5. The molecular formula is C26H29NO4. The number of nitrogens with one attached hydrogen (secondary N) is 1. The Labute approximate surface area is 183 Å². The molecule has 0 aliphatic carbocycles. The van der Waals surface area contributed by atoms with Gasteiger partial charge in [-0.05, 0) is 52.1 Å². The van der Waals surface area contributed by atoms with Crippen molar-refractivity contribution in [3.05, 3.63) is 76.9 Å². The standard InChI is InChI=1S/C26H29NO4/c1-4-17(5-2)16-27-25(28)21-11-9-18-7-6-8-19(23(18)14-21)13-20-10-12-22(26(29)30)15-24(20)31-3/h6-12,14-15,17H,4-5,13,16H2,1-3H3,(H,27,28)(H,29,30). The monoisotopic (exact) mass is 419 g/mol. The molecule has 2 N–H and O–H groups in total. The lowest BCUT2D eigenvalue weighted by Gasteiger charge is -2.14. The van der Waals surface area contributed by atoms with Gasteiger partial charge in [-0.3, -0.25) is 4.79 Å². The Morgan fingerprint density at radius 3 is 2.39 bits per heavy atom. The van der Waals surface area contributed by atoms with E-state index in [1.807, 2.05) is 36.4 Å². The van der Waals surface area contributed by atoms with E-state index >= 15 is 0 Å². The van der Waals surface area contributed by atoms with E-state index in [-0.39, 0.29) is 11.5 Å². The molecule has 0 spiro atoms. The van der Waals surface area contributed by atoms with Crippen molar-refractivity contribution in [2.45, 2.75) is 33.1 Å². The third kappa shape index (κ3) is 5.23. The quantitative estimate of drug-likeness (QED) is 0.493. The summed E-state index contributed by atoms with van der Waals surface area (Å²) in [6.07, 6.45) is 2.65. The minimum atomic E-state index is -0.987. The maximum absolute atomic E-state index is 12.7. The number of aromatic carboxylic acids is 1. The van der Waals surface area contributed by atoms with Gasteiger partial charge in [0.15, 0.2) is 0 Å². The molecule has 162 valence electrons. The molecule has 0 aliphatic rings. The molecular weight excluding hydrogens is 390 g/mol. The zero-order chi connectivity index (χ0) is 22.4. The average molecular weight is 420 g/mol. The summed E-state index contributed by atoms with van der Waals surface area (Å²) >= 11 is 0. The van der Waals surface area contributed by atoms with Crippen LogP contribution in [0.2, 0.25) is 0 Å². The van der Waals surface area contributed by atoms with Crippen molar-refractivity contribution < 1.29 is 19.4 Å². The minimum Gasteiger partial charge on any atom is -0.496 e. The van der Waals surface area contributed by atoms with Crippen molar-refractivity contribution >= 4 is 22.6 Å². The highest BCUT2D eigenvalue weighted by molar-refractivity contribution is 5.99. The number of carboxylic acids is 1. The van der Waals surface area contributed by atoms with E-state index in [4.69, 9.17) is 4.74 Å². The first kappa shape index (κ1) is 22.3. The van der Waals surface area contributed by atoms with Crippen LogP contribution in [-0.2, 0) is 6.42 Å². The van der Waals surface area contributed by atoms with Gasteiger partial charge in [0.2, 0.25) is 0 Å². The number of carboxylic acid groups (broad SMARTS) is 1. The van der Waals surface area contributed by atoms with Crippen molar-refractivity contribution in [2.24, 2.45) is 5.92 Å². The van der Waals surface area contributed by atoms with Crippen molar-refractivity contribution in [3.63, 3.8) is 0 Å². The summed E-state index contributed by atoms with van der Waals surface area (Å²) < 4.78 is 5.43. The molecule has 0 aromatic heterocycles. The molecule has 0 radical (unpaired) electrons. The Morgan fingerprint density at radius 2 is 1.71 bits per heavy atom. The number of carbonyl (C=O) groups is 2. The third-order valence-electron chi connectivity index (χ3n) is 5.86. The second kappa shape index (κ2) is 10.1. The number of amides is 1. The fourth-order valence-corrected chi connectivity index (χ4v) is 3.78. The van der Waals surface area contributed by atoms with Crippen LogP contribution in [0.5, 0.6) is 5.75 Å². The molecule has 0 fully saturated rings. The lowest BCUT2D eigenvalue weighted by molar-refractivity contribution is 0.0696. The van der Waals surface area contributed by atoms with E-state index in [9.17, 15) is 14.7 Å². The summed E-state index contributed by atoms with van der Waals surface area (Å²) in [6, 6.07) is 16.7. The number of methoxy groups -OCH3 is 1. The largest absolute Gasteiger partial charge is 0.496 e. The van der Waals surface area contributed by atoms with Gasteiger partial charge in [-0.15, -0.1) is 0 Å². The van der Waals surface area contributed by atoms with Gasteiger partial charge < -0.3 is 15.2 Å². The normalized spacial score (nSPS) is 11.0. The van der Waals surface area contributed by atoms with E-state index in [1.54, 1.807) is 18.2 Å². The van der Waals surface area contributed by atoms with Crippen LogP contribution in [0.15, 0.2) is 54.6 Å². The number of ether oxygens (including phenoxy) is 1. The van der Waals surface area contributed by atoms with Gasteiger partial charge in [0.1, 0.15) is 5.75 Å². The summed E-state index contributed by atoms with van der Waals surface area (Å²) in [7, 11) is 1.54. The fraction of sp³-hybridized carbons (Fsp3) is 0.308. The van der Waals surface area contributed by atoms with Crippen LogP contribution < -0.4 is 10.1 Å². The first-order chi connectivity index (χ1) is 15.0. The summed E-state index contributed by atoms with van der Waals surface area (Å²) in [5.74, 6) is -0.0248. The van der Waals surface area contributed by atoms with Crippen molar-refractivity contribution in [3.8, 4) is 5.75 Å². The maximum atomic E-state index is 12.7. The van der Waals surface area contributed by atoms with Gasteiger partial charge >= 0.3 is 5.97 Å². The highest BCUT2D eigenvalue weighted by Crippen LogP contribution is 2.28. The minimum absolute atomic E-state index is 0.0630. The van der Waals surface area contributed by atoms with Crippen LogP contribution in [0.4, 0.5) is 0 Å². The predicted molar refractivity (Wildman–Crippen MR) is 123 cm³/mol. The number of fused-ring (bicyclic) bond motifs is 1. The van der Waals surface area contributed by atoms with E-state index in [0.29, 0.717) is 30.2 Å². The number of hydrogen-bond donors (Lipinski definition) is 2. The number of hydrogen-bond acceptors (Lipinski definition) is 3. The first-order valence-electron chi connectivity index (χ1n) is 10.7. The Balaban J connectivity index is 1.91. The lowest BCUT2D eigenvalue weighted by Crippen LogP contribution is -2.28. The van der Waals surface area contributed by atoms with E-state index < -0.39 is 5.97 Å². The molecule has 3 aromatic rings. The molecule has 5 heteroatoms. The molecule has 1 amide bonds. The molecule has 0 saturated carbocycles. The van der Waals surface area contributed by atoms with Crippen LogP contribution in [0.1, 0.15) is 58.5 Å². The van der Waals surface area contributed by atoms with Crippen LogP contribution in [0.25, 0.3) is 10.8 Å². The van der Waals surface area contributed by atoms with Gasteiger partial charge in [-0.2, -0.15) is 0 Å². The molecule has 0 saturated heterocycles. The fourth-order valence-electron chi connectivity index (χ4n) is 3.78.